The van der Waals surface area contributed by atoms with Crippen molar-refractivity contribution in [2.75, 3.05) is 0 Å². The molecule has 3 rings (SSSR count). The van der Waals surface area contributed by atoms with E-state index >= 15 is 0 Å². The summed E-state index contributed by atoms with van der Waals surface area (Å²) in [7, 11) is 0. The van der Waals surface area contributed by atoms with Gasteiger partial charge in [0.15, 0.2) is 0 Å². The number of hydrogen-bond donors (Lipinski definition) is 8. The first kappa shape index (κ1) is 42.1. The molecule has 3 aromatic carbocycles. The molecule has 0 radical (unpaired) electrons. The SMILES string of the molecule is NC(=O)c1cc(C(N)=O)c([S-])c(C(N)=O)c1.NC(=O)c1cc(C(N)=O)c([S-])c(C(N)=O)c1.NC(=O)c1cccc(S)c1.[Zn+2].[Zn]. The van der Waals surface area contributed by atoms with E-state index in [4.69, 9.17) is 65.4 Å². The molecule has 0 aliphatic heterocycles. The average molecular weight is 760 g/mol. The third kappa shape index (κ3) is 11.9. The van der Waals surface area contributed by atoms with Gasteiger partial charge in [0.1, 0.15) is 0 Å². The van der Waals surface area contributed by atoms with Gasteiger partial charge < -0.3 is 65.4 Å². The van der Waals surface area contributed by atoms with Gasteiger partial charge in [-0.3, -0.25) is 33.6 Å². The standard InChI is InChI=1S/2C9H9N3O3S.C7H7NOS.2Zn/c2*10-7(13)3-1-4(8(11)14)6(16)5(2-3)9(12)15;8-7(9)5-2-1-3-6(10)4-5;;/h2*1-2,16H,(H2,10,13)(H2,11,14)(H2,12,15);1-4,10H,(H2,8,9);;/q;;;;+2/p-2. The number of thiol groups is 1. The predicted molar refractivity (Wildman–Crippen MR) is 157 cm³/mol. The summed E-state index contributed by atoms with van der Waals surface area (Å²) in [6.45, 7) is 0. The van der Waals surface area contributed by atoms with Crippen LogP contribution in [0.3, 0.4) is 0 Å². The van der Waals surface area contributed by atoms with E-state index in [1.165, 1.54) is 0 Å². The Morgan fingerprint density at radius 1 is 0.477 bits per heavy atom. The molecule has 0 spiro atoms. The van der Waals surface area contributed by atoms with Crippen LogP contribution in [0.5, 0.6) is 0 Å². The Bertz CT molecular complexity index is 1480. The number of rotatable bonds is 7. The predicted octanol–water partition coefficient (Wildman–Crippen LogP) is -1.15. The van der Waals surface area contributed by atoms with E-state index in [-0.39, 0.29) is 82.1 Å². The molecule has 14 nitrogen and oxygen atoms in total. The number of hydrogen-bond acceptors (Lipinski definition) is 10. The fourth-order valence-corrected chi connectivity index (χ4v) is 3.80. The molecule has 0 bridgehead atoms. The molecule has 0 fully saturated rings. The summed E-state index contributed by atoms with van der Waals surface area (Å²) >= 11 is 13.7. The van der Waals surface area contributed by atoms with Gasteiger partial charge in [0.05, 0.1) is 0 Å². The fourth-order valence-electron chi connectivity index (χ4n) is 2.93. The topological polar surface area (TPSA) is 302 Å². The van der Waals surface area contributed by atoms with E-state index in [0.29, 0.717) is 5.56 Å². The normalized spacial score (nSPS) is 9.20. The Kier molecular flexibility index (Phi) is 17.8. The molecule has 0 unspecified atom stereocenters. The molecular weight excluding hydrogens is 737 g/mol. The smallest absolute Gasteiger partial charge is 0.778 e. The Morgan fingerprint density at radius 2 is 0.750 bits per heavy atom. The third-order valence-corrected chi connectivity index (χ3v) is 6.10. The molecule has 0 saturated carbocycles. The zero-order valence-corrected chi connectivity index (χ0v) is 31.2. The number of carbonyl (C=O) groups is 7. The van der Waals surface area contributed by atoms with Crippen LogP contribution in [0.15, 0.2) is 63.2 Å². The number of benzene rings is 3. The molecular formula is C25H23N7O7S3Zn2. The zero-order chi connectivity index (χ0) is 32.5. The number of nitrogens with two attached hydrogens (primary N) is 7. The second kappa shape index (κ2) is 18.6. The van der Waals surface area contributed by atoms with Crippen LogP contribution < -0.4 is 40.1 Å². The third-order valence-electron chi connectivity index (χ3n) is 4.94. The molecule has 0 aliphatic carbocycles. The second-order valence-corrected chi connectivity index (χ2v) is 9.23. The first-order valence-corrected chi connectivity index (χ1v) is 12.2. The van der Waals surface area contributed by atoms with Gasteiger partial charge in [-0.25, -0.2) is 0 Å². The number of primary amides is 7. The van der Waals surface area contributed by atoms with E-state index in [1.807, 2.05) is 0 Å². The van der Waals surface area contributed by atoms with E-state index < -0.39 is 41.4 Å². The molecule has 3 aromatic rings. The van der Waals surface area contributed by atoms with Crippen LogP contribution in [0.4, 0.5) is 0 Å². The molecule has 14 N–H and O–H groups in total. The number of carbonyl (C=O) groups excluding carboxylic acids is 7. The maximum atomic E-state index is 11.0. The van der Waals surface area contributed by atoms with Gasteiger partial charge in [-0.1, -0.05) is 6.07 Å². The Labute approximate surface area is 292 Å². The monoisotopic (exact) mass is 757 g/mol. The van der Waals surface area contributed by atoms with Crippen molar-refractivity contribution in [3.05, 3.63) is 87.5 Å². The molecule has 0 aromatic heterocycles. The van der Waals surface area contributed by atoms with Crippen molar-refractivity contribution in [2.45, 2.75) is 14.7 Å². The summed E-state index contributed by atoms with van der Waals surface area (Å²) in [6.07, 6.45) is 0. The van der Waals surface area contributed by atoms with E-state index in [1.54, 1.807) is 24.3 Å². The molecule has 44 heavy (non-hydrogen) atoms. The van der Waals surface area contributed by atoms with Gasteiger partial charge in [0.25, 0.3) is 0 Å². The second-order valence-electron chi connectivity index (χ2n) is 7.90. The van der Waals surface area contributed by atoms with Gasteiger partial charge in [-0.2, -0.15) is 0 Å². The van der Waals surface area contributed by atoms with Crippen LogP contribution in [0.2, 0.25) is 0 Å². The van der Waals surface area contributed by atoms with E-state index in [2.05, 4.69) is 12.6 Å². The summed E-state index contributed by atoms with van der Waals surface area (Å²) in [5, 5.41) is 0. The van der Waals surface area contributed by atoms with Crippen molar-refractivity contribution in [1.29, 1.82) is 0 Å². The Balaban J connectivity index is 0. The van der Waals surface area contributed by atoms with Crippen LogP contribution in [-0.2, 0) is 64.2 Å². The maximum absolute atomic E-state index is 11.0. The summed E-state index contributed by atoms with van der Waals surface area (Å²) in [6, 6.07) is 11.4. The molecule has 0 aliphatic rings. The molecule has 0 atom stereocenters. The van der Waals surface area contributed by atoms with Crippen LogP contribution >= 0.6 is 12.6 Å². The van der Waals surface area contributed by atoms with Gasteiger partial charge in [-0.05, 0) is 42.5 Å². The molecule has 0 saturated heterocycles. The van der Waals surface area contributed by atoms with Gasteiger partial charge in [0, 0.05) is 63.3 Å². The van der Waals surface area contributed by atoms with E-state index in [9.17, 15) is 33.6 Å². The first-order chi connectivity index (χ1) is 19.4. The summed E-state index contributed by atoms with van der Waals surface area (Å²) < 4.78 is 0. The van der Waals surface area contributed by atoms with Gasteiger partial charge in [-0.15, -0.1) is 22.4 Å². The minimum Gasteiger partial charge on any atom is -0.778 e. The van der Waals surface area contributed by atoms with Crippen LogP contribution in [0.1, 0.15) is 72.5 Å². The van der Waals surface area contributed by atoms with Crippen LogP contribution in [0, 0.1) is 0 Å². The average Bonchev–Trinajstić information content (AvgIpc) is 2.88. The van der Waals surface area contributed by atoms with Crippen molar-refractivity contribution in [3.8, 4) is 0 Å². The first-order valence-electron chi connectivity index (χ1n) is 11.0. The van der Waals surface area contributed by atoms with Crippen molar-refractivity contribution >= 4 is 79.2 Å². The fraction of sp³-hybridized carbons (Fsp3) is 0. The molecule has 0 heterocycles. The Morgan fingerprint density at radius 3 is 0.932 bits per heavy atom. The van der Waals surface area contributed by atoms with Crippen molar-refractivity contribution in [1.82, 2.24) is 0 Å². The van der Waals surface area contributed by atoms with Crippen molar-refractivity contribution < 1.29 is 72.5 Å². The molecule has 7 amide bonds. The van der Waals surface area contributed by atoms with E-state index in [0.717, 1.165) is 29.2 Å². The summed E-state index contributed by atoms with van der Waals surface area (Å²) in [4.78, 5) is 77.1. The van der Waals surface area contributed by atoms with Crippen molar-refractivity contribution in [3.63, 3.8) is 0 Å². The summed E-state index contributed by atoms with van der Waals surface area (Å²) in [5.41, 5.74) is 35.1. The molecule has 222 valence electrons. The van der Waals surface area contributed by atoms with Crippen LogP contribution in [-0.4, -0.2) is 41.4 Å². The number of amides is 7. The summed E-state index contributed by atoms with van der Waals surface area (Å²) in [5.74, 6) is -5.44. The minimum atomic E-state index is -0.851. The van der Waals surface area contributed by atoms with Gasteiger partial charge in [0.2, 0.25) is 41.4 Å². The maximum Gasteiger partial charge on any atom is 2.00 e. The zero-order valence-electron chi connectivity index (χ0n) is 22.7. The Hall–Kier alpha value is -4.01. The minimum absolute atomic E-state index is 0. The van der Waals surface area contributed by atoms with Crippen LogP contribution in [0.25, 0.3) is 0 Å². The molecule has 19 heteroatoms. The quantitative estimate of drug-likeness (QED) is 0.0818. The van der Waals surface area contributed by atoms with Crippen molar-refractivity contribution in [2.24, 2.45) is 40.1 Å². The largest absolute Gasteiger partial charge is 2.00 e. The van der Waals surface area contributed by atoms with Gasteiger partial charge >= 0.3 is 19.5 Å².